The molecule has 2 aromatic heterocycles. The maximum absolute atomic E-state index is 12.6. The van der Waals surface area contributed by atoms with Crippen LogP contribution in [-0.4, -0.2) is 34.8 Å². The second kappa shape index (κ2) is 7.35. The van der Waals surface area contributed by atoms with Crippen molar-refractivity contribution in [3.8, 4) is 11.3 Å². The summed E-state index contributed by atoms with van der Waals surface area (Å²) in [6, 6.07) is 11.0. The fourth-order valence-corrected chi connectivity index (χ4v) is 2.51. The van der Waals surface area contributed by atoms with Crippen LogP contribution in [0.25, 0.3) is 22.4 Å². The van der Waals surface area contributed by atoms with Gasteiger partial charge < -0.3 is 14.0 Å². The van der Waals surface area contributed by atoms with Crippen LogP contribution in [0.4, 0.5) is 0 Å². The highest BCUT2D eigenvalue weighted by Gasteiger charge is 2.21. The van der Waals surface area contributed by atoms with Crippen molar-refractivity contribution in [1.29, 1.82) is 0 Å². The van der Waals surface area contributed by atoms with E-state index in [1.807, 2.05) is 30.3 Å². The number of hydrogen-bond donors (Lipinski definition) is 0. The molecule has 0 saturated heterocycles. The Hall–Kier alpha value is -3.22. The van der Waals surface area contributed by atoms with Gasteiger partial charge in [0.1, 0.15) is 0 Å². The minimum Gasteiger partial charge on any atom is -0.460 e. The largest absolute Gasteiger partial charge is 0.460 e. The van der Waals surface area contributed by atoms with E-state index < -0.39 is 18.5 Å². The van der Waals surface area contributed by atoms with Gasteiger partial charge in [0.15, 0.2) is 6.61 Å². The minimum atomic E-state index is -0.665. The molecule has 0 unspecified atom stereocenters. The number of aromatic nitrogens is 2. The maximum atomic E-state index is 12.6. The van der Waals surface area contributed by atoms with Crippen molar-refractivity contribution >= 4 is 23.0 Å². The van der Waals surface area contributed by atoms with Crippen LogP contribution in [0.3, 0.4) is 0 Å². The lowest BCUT2D eigenvalue weighted by Gasteiger charge is -2.09. The quantitative estimate of drug-likeness (QED) is 0.649. The van der Waals surface area contributed by atoms with E-state index in [4.69, 9.17) is 14.0 Å². The van der Waals surface area contributed by atoms with E-state index in [2.05, 4.69) is 10.1 Å². The summed E-state index contributed by atoms with van der Waals surface area (Å²) in [7, 11) is 0. The molecule has 0 radical (unpaired) electrons. The molecule has 2 heterocycles. The highest BCUT2D eigenvalue weighted by atomic mass is 16.6. The van der Waals surface area contributed by atoms with Crippen LogP contribution >= 0.6 is 0 Å². The molecular weight excluding hydrogens is 336 g/mol. The molecule has 0 fully saturated rings. The molecule has 0 aliphatic carbocycles. The van der Waals surface area contributed by atoms with Crippen LogP contribution in [0.1, 0.15) is 29.9 Å². The standard InChI is InChI=1S/C19H18N2O5/c1-11(2)25-16(22)10-24-19(23)14-9-15(13-7-5-4-6-8-13)20-18-17(14)12(3)21-26-18/h4-9,11H,10H2,1-3H3. The number of carbonyl (C=O) groups is 2. The fraction of sp³-hybridized carbons (Fsp3) is 0.263. The number of esters is 2. The number of nitrogens with zero attached hydrogens (tertiary/aromatic N) is 2. The summed E-state index contributed by atoms with van der Waals surface area (Å²) in [4.78, 5) is 28.6. The highest BCUT2D eigenvalue weighted by molar-refractivity contribution is 6.04. The number of hydrogen-bond acceptors (Lipinski definition) is 7. The molecule has 0 saturated carbocycles. The average Bonchev–Trinajstić information content (AvgIpc) is 3.00. The van der Waals surface area contributed by atoms with Gasteiger partial charge in [0.05, 0.1) is 28.4 Å². The van der Waals surface area contributed by atoms with Gasteiger partial charge in [-0.2, -0.15) is 0 Å². The number of ether oxygens (including phenoxy) is 2. The summed E-state index contributed by atoms with van der Waals surface area (Å²) in [6.07, 6.45) is -0.279. The first-order valence-electron chi connectivity index (χ1n) is 8.14. The predicted octanol–water partition coefficient (Wildman–Crippen LogP) is 3.31. The molecular formula is C19H18N2O5. The van der Waals surface area contributed by atoms with Crippen molar-refractivity contribution in [3.63, 3.8) is 0 Å². The van der Waals surface area contributed by atoms with Crippen LogP contribution in [0.2, 0.25) is 0 Å². The molecule has 0 bridgehead atoms. The van der Waals surface area contributed by atoms with Gasteiger partial charge in [0.25, 0.3) is 5.71 Å². The topological polar surface area (TPSA) is 91.5 Å². The third kappa shape index (κ3) is 3.72. The van der Waals surface area contributed by atoms with Crippen molar-refractivity contribution in [1.82, 2.24) is 10.1 Å². The average molecular weight is 354 g/mol. The monoisotopic (exact) mass is 354 g/mol. The molecule has 0 atom stereocenters. The Morgan fingerprint density at radius 1 is 1.19 bits per heavy atom. The van der Waals surface area contributed by atoms with Crippen LogP contribution in [0.5, 0.6) is 0 Å². The molecule has 0 aliphatic heterocycles. The second-order valence-electron chi connectivity index (χ2n) is 5.98. The number of fused-ring (bicyclic) bond motifs is 1. The summed E-state index contributed by atoms with van der Waals surface area (Å²) in [5.41, 5.74) is 2.36. The Morgan fingerprint density at radius 3 is 2.62 bits per heavy atom. The van der Waals surface area contributed by atoms with E-state index in [1.54, 1.807) is 26.8 Å². The van der Waals surface area contributed by atoms with Crippen molar-refractivity contribution in [2.45, 2.75) is 26.9 Å². The number of carbonyl (C=O) groups excluding carboxylic acids is 2. The zero-order valence-electron chi connectivity index (χ0n) is 14.7. The number of rotatable bonds is 5. The van der Waals surface area contributed by atoms with Gasteiger partial charge in [0, 0.05) is 5.56 Å². The summed E-state index contributed by atoms with van der Waals surface area (Å²) < 4.78 is 15.3. The lowest BCUT2D eigenvalue weighted by atomic mass is 10.1. The Bertz CT molecular complexity index is 947. The predicted molar refractivity (Wildman–Crippen MR) is 93.5 cm³/mol. The lowest BCUT2D eigenvalue weighted by Crippen LogP contribution is -2.19. The third-order valence-corrected chi connectivity index (χ3v) is 3.59. The molecule has 0 amide bonds. The van der Waals surface area contributed by atoms with Gasteiger partial charge >= 0.3 is 11.9 Å². The Labute approximate surface area is 149 Å². The van der Waals surface area contributed by atoms with E-state index in [0.717, 1.165) is 5.56 Å². The van der Waals surface area contributed by atoms with E-state index in [-0.39, 0.29) is 17.4 Å². The van der Waals surface area contributed by atoms with Crippen molar-refractivity contribution < 1.29 is 23.6 Å². The number of benzene rings is 1. The van der Waals surface area contributed by atoms with Gasteiger partial charge in [-0.3, -0.25) is 0 Å². The van der Waals surface area contributed by atoms with Crippen LogP contribution in [-0.2, 0) is 14.3 Å². The highest BCUT2D eigenvalue weighted by Crippen LogP contribution is 2.27. The zero-order valence-corrected chi connectivity index (χ0v) is 14.7. The molecule has 3 aromatic rings. The van der Waals surface area contributed by atoms with Crippen molar-refractivity contribution in [3.05, 3.63) is 47.7 Å². The van der Waals surface area contributed by atoms with Crippen LogP contribution in [0.15, 0.2) is 40.9 Å². The van der Waals surface area contributed by atoms with Gasteiger partial charge in [-0.05, 0) is 26.8 Å². The van der Waals surface area contributed by atoms with E-state index in [0.29, 0.717) is 16.8 Å². The molecule has 26 heavy (non-hydrogen) atoms. The van der Waals surface area contributed by atoms with Gasteiger partial charge in [-0.1, -0.05) is 35.5 Å². The number of aryl methyl sites for hydroxylation is 1. The van der Waals surface area contributed by atoms with Crippen molar-refractivity contribution in [2.24, 2.45) is 0 Å². The fourth-order valence-electron chi connectivity index (χ4n) is 2.51. The normalized spacial score (nSPS) is 10.9. The first-order valence-corrected chi connectivity index (χ1v) is 8.14. The molecule has 0 spiro atoms. The first kappa shape index (κ1) is 17.6. The summed E-state index contributed by atoms with van der Waals surface area (Å²) >= 11 is 0. The second-order valence-corrected chi connectivity index (χ2v) is 5.98. The first-order chi connectivity index (χ1) is 12.5. The van der Waals surface area contributed by atoms with E-state index in [1.165, 1.54) is 0 Å². The Morgan fingerprint density at radius 2 is 1.92 bits per heavy atom. The van der Waals surface area contributed by atoms with Crippen molar-refractivity contribution in [2.75, 3.05) is 6.61 Å². The summed E-state index contributed by atoms with van der Waals surface area (Å²) in [5.74, 6) is -1.27. The molecule has 0 N–H and O–H groups in total. The van der Waals surface area contributed by atoms with E-state index >= 15 is 0 Å². The van der Waals surface area contributed by atoms with Gasteiger partial charge in [-0.25, -0.2) is 14.6 Å². The molecule has 7 heteroatoms. The molecule has 134 valence electrons. The molecule has 7 nitrogen and oxygen atoms in total. The molecule has 0 aliphatic rings. The zero-order chi connectivity index (χ0) is 18.7. The summed E-state index contributed by atoms with van der Waals surface area (Å²) in [6.45, 7) is 4.68. The molecule has 3 rings (SSSR count). The van der Waals surface area contributed by atoms with Crippen LogP contribution < -0.4 is 0 Å². The van der Waals surface area contributed by atoms with Crippen LogP contribution in [0, 0.1) is 6.92 Å². The minimum absolute atomic E-state index is 0.237. The smallest absolute Gasteiger partial charge is 0.344 e. The molecule has 1 aromatic carbocycles. The SMILES string of the molecule is Cc1noc2nc(-c3ccccc3)cc(C(=O)OCC(=O)OC(C)C)c12. The number of pyridine rings is 1. The summed E-state index contributed by atoms with van der Waals surface area (Å²) in [5, 5.41) is 4.34. The Balaban J connectivity index is 1.94. The Kier molecular flexibility index (Phi) is 4.97. The van der Waals surface area contributed by atoms with Gasteiger partial charge in [0.2, 0.25) is 0 Å². The lowest BCUT2D eigenvalue weighted by molar-refractivity contribution is -0.150. The van der Waals surface area contributed by atoms with Gasteiger partial charge in [-0.15, -0.1) is 0 Å². The van der Waals surface area contributed by atoms with E-state index in [9.17, 15) is 9.59 Å². The third-order valence-electron chi connectivity index (χ3n) is 3.59. The maximum Gasteiger partial charge on any atom is 0.344 e.